The normalized spacial score (nSPS) is 16.3. The highest BCUT2D eigenvalue weighted by molar-refractivity contribution is 5.94. The minimum absolute atomic E-state index is 0.0357. The fourth-order valence-corrected chi connectivity index (χ4v) is 4.45. The molecule has 0 spiro atoms. The lowest BCUT2D eigenvalue weighted by Crippen LogP contribution is -2.42. The Morgan fingerprint density at radius 3 is 2.71 bits per heavy atom. The molecule has 2 amide bonds. The molecular weight excluding hydrogens is 346 g/mol. The topological polar surface area (TPSA) is 48.1 Å². The molecule has 1 aliphatic heterocycles. The van der Waals surface area contributed by atoms with Crippen molar-refractivity contribution in [2.24, 2.45) is 0 Å². The number of aromatic nitrogens is 1. The summed E-state index contributed by atoms with van der Waals surface area (Å²) in [5, 5.41) is 6.69. The van der Waals surface area contributed by atoms with E-state index in [2.05, 4.69) is 53.6 Å². The van der Waals surface area contributed by atoms with Crippen LogP contribution in [0.3, 0.4) is 0 Å². The highest BCUT2D eigenvalue weighted by atomic mass is 16.2. The summed E-state index contributed by atoms with van der Waals surface area (Å²) >= 11 is 0. The lowest BCUT2D eigenvalue weighted by molar-refractivity contribution is 0.179. The third-order valence-electron chi connectivity index (χ3n) is 5.81. The maximum absolute atomic E-state index is 13.1. The molecule has 1 aromatic heterocycles. The SMILES string of the molecule is CCC1c2[nH]c3ccccc3c2CCN1C(=O)Nc1ccc2ccccc2c1. The monoisotopic (exact) mass is 369 g/mol. The van der Waals surface area contributed by atoms with Gasteiger partial charge in [0, 0.05) is 28.8 Å². The summed E-state index contributed by atoms with van der Waals surface area (Å²) in [5.74, 6) is 0. The van der Waals surface area contributed by atoms with Crippen LogP contribution in [0.25, 0.3) is 21.7 Å². The van der Waals surface area contributed by atoms with E-state index in [-0.39, 0.29) is 12.1 Å². The number of amides is 2. The van der Waals surface area contributed by atoms with Crippen LogP contribution in [0, 0.1) is 0 Å². The Bertz CT molecular complexity index is 1180. The lowest BCUT2D eigenvalue weighted by Gasteiger charge is -2.35. The van der Waals surface area contributed by atoms with Crippen molar-refractivity contribution < 1.29 is 4.79 Å². The average Bonchev–Trinajstić information content (AvgIpc) is 3.11. The summed E-state index contributed by atoms with van der Waals surface area (Å²) < 4.78 is 0. The molecule has 2 N–H and O–H groups in total. The number of aromatic amines is 1. The van der Waals surface area contributed by atoms with E-state index in [0.717, 1.165) is 36.0 Å². The Labute approximate surface area is 164 Å². The number of hydrogen-bond acceptors (Lipinski definition) is 1. The number of urea groups is 1. The van der Waals surface area contributed by atoms with Gasteiger partial charge in [-0.2, -0.15) is 0 Å². The van der Waals surface area contributed by atoms with Crippen molar-refractivity contribution in [2.75, 3.05) is 11.9 Å². The van der Waals surface area contributed by atoms with E-state index in [1.54, 1.807) is 0 Å². The van der Waals surface area contributed by atoms with Gasteiger partial charge in [-0.3, -0.25) is 0 Å². The van der Waals surface area contributed by atoms with Gasteiger partial charge in [-0.05, 0) is 47.4 Å². The molecule has 0 saturated carbocycles. The largest absolute Gasteiger partial charge is 0.356 e. The second-order valence-electron chi connectivity index (χ2n) is 7.42. The zero-order chi connectivity index (χ0) is 19.1. The first kappa shape index (κ1) is 16.9. The van der Waals surface area contributed by atoms with Gasteiger partial charge in [0.15, 0.2) is 0 Å². The quantitative estimate of drug-likeness (QED) is 0.457. The Morgan fingerprint density at radius 2 is 1.86 bits per heavy atom. The standard InChI is InChI=1S/C24H23N3O/c1-2-22-23-20(19-9-5-6-10-21(19)26-23)13-14-27(22)24(28)25-18-12-11-16-7-3-4-8-17(16)15-18/h3-12,15,22,26H,2,13-14H2,1H3,(H,25,28). The zero-order valence-electron chi connectivity index (χ0n) is 15.9. The van der Waals surface area contributed by atoms with E-state index < -0.39 is 0 Å². The molecule has 1 atom stereocenters. The van der Waals surface area contributed by atoms with Crippen molar-refractivity contribution in [1.29, 1.82) is 0 Å². The fourth-order valence-electron chi connectivity index (χ4n) is 4.45. The van der Waals surface area contributed by atoms with Gasteiger partial charge in [0.05, 0.1) is 6.04 Å². The highest BCUT2D eigenvalue weighted by Crippen LogP contribution is 2.36. The maximum Gasteiger partial charge on any atom is 0.322 e. The molecular formula is C24H23N3O. The van der Waals surface area contributed by atoms with Crippen LogP contribution < -0.4 is 5.32 Å². The number of carbonyl (C=O) groups is 1. The molecule has 1 unspecified atom stereocenters. The zero-order valence-corrected chi connectivity index (χ0v) is 15.9. The molecule has 1 aliphatic rings. The Hall–Kier alpha value is -3.27. The summed E-state index contributed by atoms with van der Waals surface area (Å²) in [4.78, 5) is 18.6. The third kappa shape index (κ3) is 2.73. The summed E-state index contributed by atoms with van der Waals surface area (Å²) in [6, 6.07) is 22.7. The maximum atomic E-state index is 13.1. The van der Waals surface area contributed by atoms with Gasteiger partial charge >= 0.3 is 6.03 Å². The van der Waals surface area contributed by atoms with Crippen LogP contribution in [0.1, 0.15) is 30.6 Å². The molecule has 0 fully saturated rings. The number of H-pyrrole nitrogens is 1. The van der Waals surface area contributed by atoms with Gasteiger partial charge < -0.3 is 15.2 Å². The fraction of sp³-hybridized carbons (Fsp3) is 0.208. The number of anilines is 1. The van der Waals surface area contributed by atoms with Crippen LogP contribution in [0.2, 0.25) is 0 Å². The van der Waals surface area contributed by atoms with Crippen LogP contribution in [-0.4, -0.2) is 22.5 Å². The number of benzene rings is 3. The summed E-state index contributed by atoms with van der Waals surface area (Å²) in [6.07, 6.45) is 1.76. The molecule has 0 radical (unpaired) electrons. The molecule has 0 bridgehead atoms. The average molecular weight is 369 g/mol. The second-order valence-corrected chi connectivity index (χ2v) is 7.42. The van der Waals surface area contributed by atoms with E-state index in [1.165, 1.54) is 22.0 Å². The molecule has 3 aromatic carbocycles. The van der Waals surface area contributed by atoms with Gasteiger partial charge in [0.2, 0.25) is 0 Å². The van der Waals surface area contributed by atoms with E-state index >= 15 is 0 Å². The molecule has 0 saturated heterocycles. The van der Waals surface area contributed by atoms with Crippen LogP contribution in [0.5, 0.6) is 0 Å². The van der Waals surface area contributed by atoms with E-state index in [1.807, 2.05) is 35.2 Å². The first-order valence-electron chi connectivity index (χ1n) is 9.90. The van der Waals surface area contributed by atoms with Crippen LogP contribution >= 0.6 is 0 Å². The van der Waals surface area contributed by atoms with E-state index in [9.17, 15) is 4.79 Å². The third-order valence-corrected chi connectivity index (χ3v) is 5.81. The minimum atomic E-state index is -0.0357. The second kappa shape index (κ2) is 6.71. The predicted octanol–water partition coefficient (Wildman–Crippen LogP) is 5.86. The number of hydrogen-bond donors (Lipinski definition) is 2. The molecule has 4 nitrogen and oxygen atoms in total. The van der Waals surface area contributed by atoms with E-state index in [0.29, 0.717) is 0 Å². The van der Waals surface area contributed by atoms with E-state index in [4.69, 9.17) is 0 Å². The number of fused-ring (bicyclic) bond motifs is 4. The highest BCUT2D eigenvalue weighted by Gasteiger charge is 2.32. The van der Waals surface area contributed by atoms with Gasteiger partial charge in [-0.1, -0.05) is 55.5 Å². The van der Waals surface area contributed by atoms with Crippen molar-refractivity contribution in [3.8, 4) is 0 Å². The summed E-state index contributed by atoms with van der Waals surface area (Å²) in [5.41, 5.74) is 4.53. The van der Waals surface area contributed by atoms with Gasteiger partial charge in [-0.25, -0.2) is 4.79 Å². The van der Waals surface area contributed by atoms with Gasteiger partial charge in [-0.15, -0.1) is 0 Å². The van der Waals surface area contributed by atoms with Crippen molar-refractivity contribution in [3.63, 3.8) is 0 Å². The smallest absolute Gasteiger partial charge is 0.322 e. The molecule has 4 heteroatoms. The molecule has 5 rings (SSSR count). The first-order chi connectivity index (χ1) is 13.7. The Balaban J connectivity index is 1.44. The van der Waals surface area contributed by atoms with Crippen molar-refractivity contribution >= 4 is 33.4 Å². The molecule has 0 aliphatic carbocycles. The number of nitrogens with one attached hydrogen (secondary N) is 2. The minimum Gasteiger partial charge on any atom is -0.356 e. The molecule has 140 valence electrons. The van der Waals surface area contributed by atoms with Crippen LogP contribution in [-0.2, 0) is 6.42 Å². The van der Waals surface area contributed by atoms with Gasteiger partial charge in [0.25, 0.3) is 0 Å². The van der Waals surface area contributed by atoms with Crippen molar-refractivity contribution in [3.05, 3.63) is 78.0 Å². The van der Waals surface area contributed by atoms with Gasteiger partial charge in [0.1, 0.15) is 0 Å². The summed E-state index contributed by atoms with van der Waals surface area (Å²) in [6.45, 7) is 2.87. The Kier molecular flexibility index (Phi) is 4.05. The Morgan fingerprint density at radius 1 is 1.07 bits per heavy atom. The predicted molar refractivity (Wildman–Crippen MR) is 115 cm³/mol. The lowest BCUT2D eigenvalue weighted by atomic mass is 9.96. The van der Waals surface area contributed by atoms with Crippen molar-refractivity contribution in [1.82, 2.24) is 9.88 Å². The number of carbonyl (C=O) groups excluding carboxylic acids is 1. The number of rotatable bonds is 2. The molecule has 4 aromatic rings. The molecule has 28 heavy (non-hydrogen) atoms. The van der Waals surface area contributed by atoms with Crippen LogP contribution in [0.15, 0.2) is 66.7 Å². The summed E-state index contributed by atoms with van der Waals surface area (Å²) in [7, 11) is 0. The number of nitrogens with zero attached hydrogens (tertiary/aromatic N) is 1. The number of para-hydroxylation sites is 1. The van der Waals surface area contributed by atoms with Crippen molar-refractivity contribution in [2.45, 2.75) is 25.8 Å². The molecule has 2 heterocycles. The first-order valence-corrected chi connectivity index (χ1v) is 9.90. The van der Waals surface area contributed by atoms with Crippen LogP contribution in [0.4, 0.5) is 10.5 Å².